The molecule has 1 aliphatic rings. The number of unbranched alkanes of at least 4 members (excludes halogenated alkanes) is 42. The Balaban J connectivity index is 0.000000660. The second-order valence-electron chi connectivity index (χ2n) is 31.8. The average Bonchev–Trinajstić information content (AvgIpc) is 1.65. The Labute approximate surface area is 667 Å². The van der Waals surface area contributed by atoms with Crippen LogP contribution in [-0.4, -0.2) is 22.3 Å². The van der Waals surface area contributed by atoms with Crippen molar-refractivity contribution < 1.29 is 13.6 Å². The molecule has 0 saturated carbocycles. The van der Waals surface area contributed by atoms with Crippen LogP contribution in [0.15, 0.2) is 95.8 Å². The minimum Gasteiger partial charge on any atom is -0.313 e. The number of aromatic nitrogens is 1. The van der Waals surface area contributed by atoms with Crippen molar-refractivity contribution in [2.45, 2.75) is 420 Å². The molecule has 4 aromatic heterocycles. The molecule has 5 heterocycles. The van der Waals surface area contributed by atoms with Gasteiger partial charge in [-0.05, 0) is 110 Å². The van der Waals surface area contributed by atoms with Gasteiger partial charge in [-0.25, -0.2) is 8.78 Å². The number of thioether (sulfide) groups is 1. The van der Waals surface area contributed by atoms with Crippen LogP contribution in [-0.2, 0) is 24.2 Å². The molecular formula is C96H156F2N2O2S4. The highest BCUT2D eigenvalue weighted by Gasteiger charge is 2.29. The molecule has 10 heteroatoms. The Morgan fingerprint density at radius 2 is 0.943 bits per heavy atom. The maximum absolute atomic E-state index is 15.1. The lowest BCUT2D eigenvalue weighted by Gasteiger charge is -2.24. The van der Waals surface area contributed by atoms with Crippen LogP contribution in [0.25, 0.3) is 16.1 Å². The molecule has 4 aromatic rings. The Hall–Kier alpha value is -3.57. The van der Waals surface area contributed by atoms with E-state index in [-0.39, 0.29) is 16.7 Å². The molecule has 0 N–H and O–H groups in total. The molecule has 1 aliphatic heterocycles. The van der Waals surface area contributed by atoms with Gasteiger partial charge in [0.2, 0.25) is 0 Å². The molecule has 0 aliphatic carbocycles. The number of amides is 1. The quantitative estimate of drug-likeness (QED) is 0.0251. The maximum atomic E-state index is 15.1. The molecule has 0 bridgehead atoms. The van der Waals surface area contributed by atoms with E-state index in [1.165, 1.54) is 325 Å². The number of carbonyl (C=O) groups is 1. The summed E-state index contributed by atoms with van der Waals surface area (Å²) in [6.07, 6.45) is 80.4. The number of pyridine rings is 1. The van der Waals surface area contributed by atoms with E-state index in [2.05, 4.69) is 78.6 Å². The number of nitrogens with zero attached hydrogens (tertiary/aromatic N) is 2. The van der Waals surface area contributed by atoms with Gasteiger partial charge in [0, 0.05) is 71.0 Å². The topological polar surface area (TPSA) is 42.3 Å². The van der Waals surface area contributed by atoms with E-state index in [0.29, 0.717) is 54.8 Å². The van der Waals surface area contributed by atoms with Crippen molar-refractivity contribution in [3.8, 4) is 0 Å². The number of thiophene rings is 3. The van der Waals surface area contributed by atoms with Gasteiger partial charge in [0.25, 0.3) is 11.5 Å². The van der Waals surface area contributed by atoms with Gasteiger partial charge in [-0.2, -0.15) is 0 Å². The van der Waals surface area contributed by atoms with Crippen LogP contribution in [0.5, 0.6) is 0 Å². The zero-order chi connectivity index (χ0) is 76.3. The summed E-state index contributed by atoms with van der Waals surface area (Å²) >= 11 is 6.79. The average molecular weight is 1540 g/mol. The molecule has 3 atom stereocenters. The van der Waals surface area contributed by atoms with Gasteiger partial charge >= 0.3 is 0 Å². The van der Waals surface area contributed by atoms with Gasteiger partial charge < -0.3 is 9.47 Å². The van der Waals surface area contributed by atoms with Crippen molar-refractivity contribution in [3.05, 3.63) is 137 Å². The number of carbonyl (C=O) groups excluding carboxylic acids is 1. The van der Waals surface area contributed by atoms with Crippen LogP contribution in [0.3, 0.4) is 0 Å². The first-order chi connectivity index (χ1) is 51.9. The molecule has 1 amide bonds. The second-order valence-corrected chi connectivity index (χ2v) is 36.5. The van der Waals surface area contributed by atoms with Crippen LogP contribution in [0.4, 0.5) is 14.5 Å². The number of hydrogen-bond acceptors (Lipinski definition) is 6. The zero-order valence-corrected chi connectivity index (χ0v) is 72.6. The summed E-state index contributed by atoms with van der Waals surface area (Å²) in [5.41, 5.74) is 5.06. The fraction of sp³-hybridized carbons (Fsp3) is 0.708. The first kappa shape index (κ1) is 94.8. The summed E-state index contributed by atoms with van der Waals surface area (Å²) in [7, 11) is 0. The minimum atomic E-state index is -0.162. The van der Waals surface area contributed by atoms with E-state index >= 15 is 4.79 Å². The number of halogens is 2. The first-order valence-corrected chi connectivity index (χ1v) is 47.9. The smallest absolute Gasteiger partial charge is 0.259 e. The zero-order valence-electron chi connectivity index (χ0n) is 69.3. The largest absolute Gasteiger partial charge is 0.313 e. The molecule has 0 radical (unpaired) electrons. The standard InChI is InChI=1S/C67H102F2N2O2S3.C29H54S/c1-7-11-15-19-23-25-26-28-30-34-38-56(37-33-29-27-24-20-16-12-8-2)49-59-50-64(76-66(59)63-45-44-62(75-63)58(52-69)41-40-57(51-68)61-43-39-54(5)74-61)55(6)67(73)71(48-36-32-22-18-14-10-4)60-42-46-65(72)70(53-60)47-35-31-21-17-13-9-3;1-4-6-8-10-12-14-15-17-19-21-23-28(26-29-24-25-30-27(29)3)22-20-18-16-13-11-9-7-5-2/h39-43,45-46,50-53,56,62H,6-38,44,47-49H2,1-5H3;24-25,28H,4-23,26H2,1-3H3/b41-40-,57-51-,58-52-;. The molecule has 3 unspecified atom stereocenters. The number of anilines is 1. The molecule has 0 spiro atoms. The minimum absolute atomic E-state index is 0.0335. The van der Waals surface area contributed by atoms with E-state index < -0.39 is 0 Å². The number of allylic oxidation sites excluding steroid dienone is 4. The van der Waals surface area contributed by atoms with Gasteiger partial charge in [-0.3, -0.25) is 9.59 Å². The van der Waals surface area contributed by atoms with E-state index in [9.17, 15) is 13.6 Å². The normalized spacial score (nSPS) is 14.0. The van der Waals surface area contributed by atoms with Crippen LogP contribution in [0, 0.1) is 25.7 Å². The monoisotopic (exact) mass is 1540 g/mol. The van der Waals surface area contributed by atoms with Crippen molar-refractivity contribution in [2.24, 2.45) is 11.8 Å². The van der Waals surface area contributed by atoms with Crippen molar-refractivity contribution in [1.29, 1.82) is 0 Å². The first-order valence-electron chi connectivity index (χ1n) is 44.5. The van der Waals surface area contributed by atoms with Crippen molar-refractivity contribution in [1.82, 2.24) is 4.57 Å². The molecule has 106 heavy (non-hydrogen) atoms. The molecule has 0 saturated heterocycles. The lowest BCUT2D eigenvalue weighted by Crippen LogP contribution is -2.33. The van der Waals surface area contributed by atoms with Gasteiger partial charge in [0.15, 0.2) is 0 Å². The summed E-state index contributed by atoms with van der Waals surface area (Å²) in [5.74, 6) is 1.33. The molecule has 4 nitrogen and oxygen atoms in total. The lowest BCUT2D eigenvalue weighted by atomic mass is 9.88. The Bertz CT molecular complexity index is 3030. The van der Waals surface area contributed by atoms with E-state index in [1.54, 1.807) is 56.3 Å². The van der Waals surface area contributed by atoms with Crippen molar-refractivity contribution in [2.75, 3.05) is 11.4 Å². The summed E-state index contributed by atoms with van der Waals surface area (Å²) in [6, 6.07) is 12.0. The molecule has 0 fully saturated rings. The summed E-state index contributed by atoms with van der Waals surface area (Å²) in [4.78, 5) is 36.8. The van der Waals surface area contributed by atoms with Gasteiger partial charge in [-0.15, -0.1) is 45.8 Å². The van der Waals surface area contributed by atoms with Crippen LogP contribution >= 0.6 is 45.8 Å². The fourth-order valence-corrected chi connectivity index (χ4v) is 19.6. The van der Waals surface area contributed by atoms with E-state index in [4.69, 9.17) is 0 Å². The SMILES string of the molecule is C=C(C(=O)N(CCCCCCCC)c1ccc(=O)n(CCCCCCCC)c1)c1cc(CC(CCCCCCCCCC)CCCCCCCCCCCC)c(C2=CCC(C(/C=C\C(=C\F)c3ccc(C)s3)=C\F)S2)s1.CCCCCCCCCCCCC(CCCCCCCCCC)Cc1ccsc1C. The van der Waals surface area contributed by atoms with Crippen LogP contribution < -0.4 is 10.5 Å². The van der Waals surface area contributed by atoms with Gasteiger partial charge in [-0.1, -0.05) is 387 Å². The second kappa shape index (κ2) is 63.0. The number of rotatable bonds is 66. The third-order valence-electron chi connectivity index (χ3n) is 22.3. The molecule has 600 valence electrons. The fourth-order valence-electron chi connectivity index (χ4n) is 15.4. The maximum Gasteiger partial charge on any atom is 0.259 e. The lowest BCUT2D eigenvalue weighted by molar-refractivity contribution is -0.113. The summed E-state index contributed by atoms with van der Waals surface area (Å²) in [6.45, 7) is 23.7. The van der Waals surface area contributed by atoms with Gasteiger partial charge in [0.05, 0.1) is 18.3 Å². The molecule has 0 aromatic carbocycles. The Morgan fingerprint density at radius 1 is 0.509 bits per heavy atom. The van der Waals surface area contributed by atoms with Crippen molar-refractivity contribution >= 4 is 73.4 Å². The summed E-state index contributed by atoms with van der Waals surface area (Å²) in [5, 5.41) is 2.13. The highest BCUT2D eigenvalue weighted by atomic mass is 32.2. The Kier molecular flexibility index (Phi) is 56.3. The number of aryl methyl sites for hydroxylation is 3. The summed E-state index contributed by atoms with van der Waals surface area (Å²) < 4.78 is 30.9. The van der Waals surface area contributed by atoms with E-state index in [1.807, 2.05) is 47.6 Å². The predicted octanol–water partition coefficient (Wildman–Crippen LogP) is 33.4. The highest BCUT2D eigenvalue weighted by Crippen LogP contribution is 2.48. The highest BCUT2D eigenvalue weighted by molar-refractivity contribution is 8.09. The predicted molar refractivity (Wildman–Crippen MR) is 474 cm³/mol. The number of hydrogen-bond donors (Lipinski definition) is 0. The van der Waals surface area contributed by atoms with Crippen LogP contribution in [0.2, 0.25) is 0 Å². The Morgan fingerprint density at radius 3 is 1.36 bits per heavy atom. The molecule has 5 rings (SSSR count). The van der Waals surface area contributed by atoms with Gasteiger partial charge in [0.1, 0.15) is 0 Å². The van der Waals surface area contributed by atoms with Crippen LogP contribution in [0.1, 0.15) is 417 Å². The third-order valence-corrected chi connectivity index (χ3v) is 27.0. The third kappa shape index (κ3) is 41.6. The van der Waals surface area contributed by atoms with Crippen molar-refractivity contribution in [3.63, 3.8) is 0 Å². The molecular weight excluding hydrogens is 1380 g/mol. The van der Waals surface area contributed by atoms with E-state index in [0.717, 1.165) is 74.5 Å².